The summed E-state index contributed by atoms with van der Waals surface area (Å²) in [7, 11) is 0. The van der Waals surface area contributed by atoms with Crippen molar-refractivity contribution in [1.82, 2.24) is 4.98 Å². The van der Waals surface area contributed by atoms with Gasteiger partial charge in [0.15, 0.2) is 0 Å². The van der Waals surface area contributed by atoms with Crippen molar-refractivity contribution in [3.8, 4) is 0 Å². The maximum Gasteiger partial charge on any atom is 0.106 e. The van der Waals surface area contributed by atoms with Gasteiger partial charge in [0.1, 0.15) is 15.2 Å². The molecular weight excluding hydrogens is 309 g/mol. The van der Waals surface area contributed by atoms with Crippen LogP contribution in [0.2, 0.25) is 0 Å². The van der Waals surface area contributed by atoms with Gasteiger partial charge in [0, 0.05) is 6.20 Å². The Morgan fingerprint density at radius 3 is 2.64 bits per heavy atom. The van der Waals surface area contributed by atoms with Gasteiger partial charge in [-0.3, -0.25) is 4.98 Å². The average molecular weight is 321 g/mol. The van der Waals surface area contributed by atoms with Gasteiger partial charge in [-0.1, -0.05) is 17.2 Å². The van der Waals surface area contributed by atoms with Gasteiger partial charge in [-0.2, -0.15) is 0 Å². The van der Waals surface area contributed by atoms with Gasteiger partial charge in [0.2, 0.25) is 0 Å². The zero-order valence-electron chi connectivity index (χ0n) is 7.78. The van der Waals surface area contributed by atoms with Gasteiger partial charge in [-0.25, -0.2) is 0 Å². The molecule has 0 N–H and O–H groups in total. The van der Waals surface area contributed by atoms with E-state index in [-0.39, 0.29) is 0 Å². The molecule has 1 saturated heterocycles. The lowest BCUT2D eigenvalue weighted by Gasteiger charge is -2.24. The number of hydrogen-bond acceptors (Lipinski definition) is 2. The first-order chi connectivity index (χ1) is 6.75. The van der Waals surface area contributed by atoms with Crippen LogP contribution in [0.25, 0.3) is 0 Å². The van der Waals surface area contributed by atoms with Gasteiger partial charge >= 0.3 is 0 Å². The number of halogens is 1. The molecule has 0 aliphatic carbocycles. The summed E-state index contributed by atoms with van der Waals surface area (Å²) in [5, 5.41) is 0. The molecule has 1 aromatic rings. The van der Waals surface area contributed by atoms with Crippen molar-refractivity contribution >= 4 is 33.8 Å². The van der Waals surface area contributed by atoms with Crippen LogP contribution in [-0.2, 0) is 11.2 Å². The Hall–Kier alpha value is 0.190. The summed E-state index contributed by atoms with van der Waals surface area (Å²) < 4.78 is 12.2. The molecule has 0 spiro atoms. The summed E-state index contributed by atoms with van der Waals surface area (Å²) in [6, 6.07) is 4.19. The third-order valence-corrected chi connectivity index (χ3v) is 4.63. The molecule has 0 unspecified atom stereocenters. The van der Waals surface area contributed by atoms with Crippen LogP contribution >= 0.6 is 22.6 Å². The largest absolute Gasteiger partial charge is 0.616 e. The minimum atomic E-state index is -0.561. The molecule has 1 aliphatic heterocycles. The number of hydrogen-bond donors (Lipinski definition) is 0. The highest BCUT2D eigenvalue weighted by Gasteiger charge is 2.22. The third-order valence-electron chi connectivity index (χ3n) is 2.61. The van der Waals surface area contributed by atoms with Crippen LogP contribution in [-0.4, -0.2) is 21.0 Å². The molecule has 1 aromatic heterocycles. The molecule has 0 aromatic carbocycles. The van der Waals surface area contributed by atoms with E-state index in [1.54, 1.807) is 0 Å². The number of rotatable bonds is 1. The van der Waals surface area contributed by atoms with E-state index in [9.17, 15) is 4.55 Å². The van der Waals surface area contributed by atoms with E-state index < -0.39 is 11.2 Å². The smallest absolute Gasteiger partial charge is 0.106 e. The van der Waals surface area contributed by atoms with Crippen molar-refractivity contribution in [2.45, 2.75) is 18.8 Å². The Labute approximate surface area is 101 Å². The lowest BCUT2D eigenvalue weighted by molar-refractivity contribution is 0.549. The predicted octanol–water partition coefficient (Wildman–Crippen LogP) is 2.31. The summed E-state index contributed by atoms with van der Waals surface area (Å²) >= 11 is 1.65. The van der Waals surface area contributed by atoms with E-state index in [2.05, 4.69) is 33.6 Å². The molecule has 2 heterocycles. The predicted molar refractivity (Wildman–Crippen MR) is 66.8 cm³/mol. The Balaban J connectivity index is 2.05. The first-order valence-corrected chi connectivity index (χ1v) is 7.29. The average Bonchev–Trinajstić information content (AvgIpc) is 2.21. The van der Waals surface area contributed by atoms with Crippen molar-refractivity contribution in [1.29, 1.82) is 0 Å². The molecule has 1 aliphatic rings. The molecule has 0 atom stereocenters. The molecular formula is C10H12INOS. The summed E-state index contributed by atoms with van der Waals surface area (Å²) in [4.78, 5) is 4.28. The number of nitrogens with zero attached hydrogens (tertiary/aromatic N) is 1. The van der Waals surface area contributed by atoms with Crippen molar-refractivity contribution in [3.63, 3.8) is 0 Å². The maximum atomic E-state index is 11.2. The fourth-order valence-electron chi connectivity index (χ4n) is 1.76. The zero-order chi connectivity index (χ0) is 9.97. The molecule has 4 heteroatoms. The first kappa shape index (κ1) is 10.7. The standard InChI is InChI=1S/C10H12INOS/c11-10-2-1-9(7-12-10)8-3-5-14(13)6-4-8/h1-2,7-8H,3-6H2. The second-order valence-corrected chi connectivity index (χ2v) is 6.34. The molecule has 2 rings (SSSR count). The Bertz CT molecular complexity index is 295. The van der Waals surface area contributed by atoms with E-state index in [0.29, 0.717) is 5.92 Å². The molecule has 76 valence electrons. The Morgan fingerprint density at radius 2 is 2.07 bits per heavy atom. The Morgan fingerprint density at radius 1 is 1.36 bits per heavy atom. The topological polar surface area (TPSA) is 36.0 Å². The SMILES string of the molecule is [O-][S+]1CCC(c2ccc(I)nc2)CC1. The molecule has 14 heavy (non-hydrogen) atoms. The van der Waals surface area contributed by atoms with Crippen molar-refractivity contribution < 1.29 is 4.55 Å². The monoisotopic (exact) mass is 321 g/mol. The van der Waals surface area contributed by atoms with Crippen LogP contribution in [0, 0.1) is 3.70 Å². The highest BCUT2D eigenvalue weighted by Crippen LogP contribution is 2.28. The lowest BCUT2D eigenvalue weighted by atomic mass is 9.95. The van der Waals surface area contributed by atoms with Gasteiger partial charge in [0.25, 0.3) is 0 Å². The molecule has 0 saturated carbocycles. The minimum absolute atomic E-state index is 0.561. The van der Waals surface area contributed by atoms with E-state index in [0.717, 1.165) is 28.0 Å². The van der Waals surface area contributed by atoms with Gasteiger partial charge < -0.3 is 4.55 Å². The zero-order valence-corrected chi connectivity index (χ0v) is 10.8. The van der Waals surface area contributed by atoms with Crippen LogP contribution in [0.3, 0.4) is 0 Å². The van der Waals surface area contributed by atoms with Crippen LogP contribution in [0.1, 0.15) is 24.3 Å². The van der Waals surface area contributed by atoms with Crippen molar-refractivity contribution in [2.24, 2.45) is 0 Å². The third kappa shape index (κ3) is 2.61. The fourth-order valence-corrected chi connectivity index (χ4v) is 3.37. The number of pyridine rings is 1. The van der Waals surface area contributed by atoms with E-state index in [1.807, 2.05) is 12.3 Å². The van der Waals surface area contributed by atoms with Gasteiger partial charge in [-0.15, -0.1) is 0 Å². The van der Waals surface area contributed by atoms with Gasteiger partial charge in [-0.05, 0) is 53.0 Å². The normalized spacial score (nSPS) is 27.6. The van der Waals surface area contributed by atoms with Crippen LogP contribution in [0.5, 0.6) is 0 Å². The highest BCUT2D eigenvalue weighted by molar-refractivity contribution is 14.1. The molecule has 0 amide bonds. The second kappa shape index (κ2) is 4.81. The van der Waals surface area contributed by atoms with Crippen LogP contribution in [0.15, 0.2) is 18.3 Å². The summed E-state index contributed by atoms with van der Waals surface area (Å²) in [5.74, 6) is 2.30. The summed E-state index contributed by atoms with van der Waals surface area (Å²) in [5.41, 5.74) is 1.31. The lowest BCUT2D eigenvalue weighted by Crippen LogP contribution is -2.22. The fraction of sp³-hybridized carbons (Fsp3) is 0.500. The molecule has 2 nitrogen and oxygen atoms in total. The van der Waals surface area contributed by atoms with Crippen LogP contribution < -0.4 is 0 Å². The molecule has 1 fully saturated rings. The van der Waals surface area contributed by atoms with Gasteiger partial charge in [0.05, 0.1) is 0 Å². The van der Waals surface area contributed by atoms with Crippen molar-refractivity contribution in [2.75, 3.05) is 11.5 Å². The quantitative estimate of drug-likeness (QED) is 0.452. The second-order valence-electron chi connectivity index (χ2n) is 3.54. The van der Waals surface area contributed by atoms with Crippen molar-refractivity contribution in [3.05, 3.63) is 27.6 Å². The first-order valence-electron chi connectivity index (χ1n) is 4.72. The summed E-state index contributed by atoms with van der Waals surface area (Å²) in [6.45, 7) is 0. The number of aromatic nitrogens is 1. The van der Waals surface area contributed by atoms with E-state index in [4.69, 9.17) is 0 Å². The van der Waals surface area contributed by atoms with E-state index in [1.165, 1.54) is 5.56 Å². The summed E-state index contributed by atoms with van der Waals surface area (Å²) in [6.07, 6.45) is 4.06. The molecule has 0 radical (unpaired) electrons. The minimum Gasteiger partial charge on any atom is -0.616 e. The molecule has 0 bridgehead atoms. The highest BCUT2D eigenvalue weighted by atomic mass is 127. The Kier molecular flexibility index (Phi) is 3.67. The maximum absolute atomic E-state index is 11.2. The van der Waals surface area contributed by atoms with Crippen LogP contribution in [0.4, 0.5) is 0 Å². The van der Waals surface area contributed by atoms with E-state index >= 15 is 0 Å².